The van der Waals surface area contributed by atoms with Crippen LogP contribution in [0, 0.1) is 11.8 Å². The Balaban J connectivity index is 1.66. The number of piperidine rings is 1. The number of nitrogens with zero attached hydrogens (tertiary/aromatic N) is 3. The lowest BCUT2D eigenvalue weighted by Crippen LogP contribution is -2.47. The Kier molecular flexibility index (Phi) is 4.28. The zero-order valence-electron chi connectivity index (χ0n) is 12.4. The topological polar surface area (TPSA) is 109 Å². The van der Waals surface area contributed by atoms with Gasteiger partial charge in [-0.15, -0.1) is 10.2 Å². The molecule has 0 aromatic carbocycles. The molecule has 0 bridgehead atoms. The molecule has 8 nitrogen and oxygen atoms in total. The molecule has 1 saturated heterocycles. The molecule has 2 unspecified atom stereocenters. The third kappa shape index (κ3) is 3.50. The summed E-state index contributed by atoms with van der Waals surface area (Å²) in [5.74, 6) is -0.674. The van der Waals surface area contributed by atoms with E-state index in [-0.39, 0.29) is 18.5 Å². The average Bonchev–Trinajstić information content (AvgIpc) is 3.17. The fourth-order valence-corrected chi connectivity index (χ4v) is 3.34. The summed E-state index contributed by atoms with van der Waals surface area (Å²) < 4.78 is 5.23. The van der Waals surface area contributed by atoms with Crippen molar-refractivity contribution in [1.29, 1.82) is 0 Å². The summed E-state index contributed by atoms with van der Waals surface area (Å²) in [6, 6.07) is 3.15. The number of nitrogens with one attached hydrogen (secondary N) is 1. The van der Waals surface area contributed by atoms with Crippen molar-refractivity contribution in [3.05, 3.63) is 18.4 Å². The monoisotopic (exact) mass is 336 g/mol. The Morgan fingerprint density at radius 3 is 2.96 bits per heavy atom. The standard InChI is InChI=1S/C14H16N4O4S/c1-8-5-9(12(19)20)7-18(6-8)14(21)15-13-17-16-11(23-13)10-3-2-4-22-10/h2-4,8-9H,5-7H2,1H3,(H,19,20)(H,15,17,21). The molecule has 0 aliphatic carbocycles. The summed E-state index contributed by atoms with van der Waals surface area (Å²) in [7, 11) is 0. The van der Waals surface area contributed by atoms with Crippen molar-refractivity contribution in [3.63, 3.8) is 0 Å². The summed E-state index contributed by atoms with van der Waals surface area (Å²) >= 11 is 1.20. The van der Waals surface area contributed by atoms with Crippen LogP contribution in [0.2, 0.25) is 0 Å². The van der Waals surface area contributed by atoms with Crippen LogP contribution in [0.5, 0.6) is 0 Å². The highest BCUT2D eigenvalue weighted by molar-refractivity contribution is 7.18. The summed E-state index contributed by atoms with van der Waals surface area (Å²) in [6.07, 6.45) is 2.12. The van der Waals surface area contributed by atoms with Crippen molar-refractivity contribution in [1.82, 2.24) is 15.1 Å². The SMILES string of the molecule is CC1CC(C(=O)O)CN(C(=O)Nc2nnc(-c3ccco3)s2)C1. The molecule has 2 N–H and O–H groups in total. The fraction of sp³-hybridized carbons (Fsp3) is 0.429. The molecule has 0 spiro atoms. The highest BCUT2D eigenvalue weighted by atomic mass is 32.1. The van der Waals surface area contributed by atoms with E-state index < -0.39 is 11.9 Å². The molecule has 0 saturated carbocycles. The van der Waals surface area contributed by atoms with E-state index in [1.165, 1.54) is 22.5 Å². The Morgan fingerprint density at radius 1 is 1.43 bits per heavy atom. The first kappa shape index (κ1) is 15.5. The maximum atomic E-state index is 12.3. The lowest BCUT2D eigenvalue weighted by molar-refractivity contribution is -0.143. The van der Waals surface area contributed by atoms with E-state index in [0.29, 0.717) is 28.9 Å². The summed E-state index contributed by atoms with van der Waals surface area (Å²) in [5, 5.41) is 20.6. The Labute approximate surface area is 136 Å². The molecule has 2 atom stereocenters. The molecule has 122 valence electrons. The highest BCUT2D eigenvalue weighted by Crippen LogP contribution is 2.27. The van der Waals surface area contributed by atoms with Crippen LogP contribution >= 0.6 is 11.3 Å². The average molecular weight is 336 g/mol. The molecule has 2 aromatic heterocycles. The molecule has 23 heavy (non-hydrogen) atoms. The first-order valence-corrected chi connectivity index (χ1v) is 8.00. The van der Waals surface area contributed by atoms with E-state index in [9.17, 15) is 9.59 Å². The predicted octanol–water partition coefficient (Wildman–Crippen LogP) is 2.37. The van der Waals surface area contributed by atoms with Gasteiger partial charge in [-0.3, -0.25) is 10.1 Å². The zero-order valence-corrected chi connectivity index (χ0v) is 13.2. The highest BCUT2D eigenvalue weighted by Gasteiger charge is 2.32. The maximum absolute atomic E-state index is 12.3. The van der Waals surface area contributed by atoms with Gasteiger partial charge in [0.1, 0.15) is 0 Å². The van der Waals surface area contributed by atoms with Gasteiger partial charge in [-0.25, -0.2) is 4.79 Å². The number of aromatic nitrogens is 2. The number of hydrogen-bond acceptors (Lipinski definition) is 6. The molecule has 2 amide bonds. The smallest absolute Gasteiger partial charge is 0.323 e. The normalized spacial score (nSPS) is 21.2. The quantitative estimate of drug-likeness (QED) is 0.891. The van der Waals surface area contributed by atoms with Gasteiger partial charge < -0.3 is 14.4 Å². The lowest BCUT2D eigenvalue weighted by Gasteiger charge is -2.34. The van der Waals surface area contributed by atoms with Gasteiger partial charge in [0.25, 0.3) is 0 Å². The van der Waals surface area contributed by atoms with Gasteiger partial charge in [-0.2, -0.15) is 0 Å². The van der Waals surface area contributed by atoms with Crippen molar-refractivity contribution in [3.8, 4) is 10.8 Å². The van der Waals surface area contributed by atoms with Crippen LogP contribution in [0.25, 0.3) is 10.8 Å². The third-order valence-electron chi connectivity index (χ3n) is 3.67. The lowest BCUT2D eigenvalue weighted by atomic mass is 9.91. The number of carboxylic acids is 1. The largest absolute Gasteiger partial charge is 0.481 e. The number of carbonyl (C=O) groups is 2. The number of rotatable bonds is 3. The third-order valence-corrected chi connectivity index (χ3v) is 4.52. The van der Waals surface area contributed by atoms with Gasteiger partial charge in [-0.05, 0) is 24.5 Å². The molecule has 2 aromatic rings. The van der Waals surface area contributed by atoms with Crippen molar-refractivity contribution in [2.45, 2.75) is 13.3 Å². The molecule has 1 aliphatic heterocycles. The molecule has 1 fully saturated rings. The van der Waals surface area contributed by atoms with E-state index in [0.717, 1.165) is 0 Å². The minimum absolute atomic E-state index is 0.142. The van der Waals surface area contributed by atoms with Crippen LogP contribution in [-0.4, -0.2) is 45.3 Å². The first-order chi connectivity index (χ1) is 11.0. The van der Waals surface area contributed by atoms with E-state index in [2.05, 4.69) is 15.5 Å². The van der Waals surface area contributed by atoms with Crippen LogP contribution in [-0.2, 0) is 4.79 Å². The van der Waals surface area contributed by atoms with Gasteiger partial charge in [0.15, 0.2) is 10.8 Å². The number of hydrogen-bond donors (Lipinski definition) is 2. The van der Waals surface area contributed by atoms with Gasteiger partial charge in [0, 0.05) is 13.1 Å². The van der Waals surface area contributed by atoms with E-state index >= 15 is 0 Å². The van der Waals surface area contributed by atoms with Crippen LogP contribution in [0.1, 0.15) is 13.3 Å². The molecule has 0 radical (unpaired) electrons. The molecular formula is C14H16N4O4S. The Hall–Kier alpha value is -2.42. The van der Waals surface area contributed by atoms with E-state index in [1.54, 1.807) is 12.1 Å². The van der Waals surface area contributed by atoms with Gasteiger partial charge in [0.05, 0.1) is 12.2 Å². The van der Waals surface area contributed by atoms with Gasteiger partial charge in [0.2, 0.25) is 5.13 Å². The second kappa shape index (κ2) is 6.37. The second-order valence-corrected chi connectivity index (χ2v) is 6.58. The summed E-state index contributed by atoms with van der Waals surface area (Å²) in [4.78, 5) is 25.0. The number of carboxylic acid groups (broad SMARTS) is 1. The van der Waals surface area contributed by atoms with Crippen molar-refractivity contribution < 1.29 is 19.1 Å². The van der Waals surface area contributed by atoms with Crippen LogP contribution in [0.3, 0.4) is 0 Å². The molecule has 1 aliphatic rings. The van der Waals surface area contributed by atoms with E-state index in [4.69, 9.17) is 9.52 Å². The minimum atomic E-state index is -0.870. The number of amides is 2. The molecule has 9 heteroatoms. The molecular weight excluding hydrogens is 320 g/mol. The summed E-state index contributed by atoms with van der Waals surface area (Å²) in [6.45, 7) is 2.67. The van der Waals surface area contributed by atoms with Gasteiger partial charge >= 0.3 is 12.0 Å². The van der Waals surface area contributed by atoms with Crippen molar-refractivity contribution in [2.75, 3.05) is 18.4 Å². The minimum Gasteiger partial charge on any atom is -0.481 e. The van der Waals surface area contributed by atoms with E-state index in [1.807, 2.05) is 6.92 Å². The number of likely N-dealkylation sites (tertiary alicyclic amines) is 1. The second-order valence-electron chi connectivity index (χ2n) is 5.60. The number of carbonyl (C=O) groups excluding carboxylic acids is 1. The molecule has 3 rings (SSSR count). The fourth-order valence-electron chi connectivity index (χ4n) is 2.64. The van der Waals surface area contributed by atoms with Crippen LogP contribution < -0.4 is 5.32 Å². The van der Waals surface area contributed by atoms with Crippen molar-refractivity contribution in [2.24, 2.45) is 11.8 Å². The number of anilines is 1. The number of aliphatic carboxylic acids is 1. The Bertz CT molecular complexity index is 699. The number of urea groups is 1. The zero-order chi connectivity index (χ0) is 16.4. The number of furan rings is 1. The van der Waals surface area contributed by atoms with Crippen molar-refractivity contribution >= 4 is 28.5 Å². The van der Waals surface area contributed by atoms with Crippen LogP contribution in [0.4, 0.5) is 9.93 Å². The van der Waals surface area contributed by atoms with Gasteiger partial charge in [-0.1, -0.05) is 18.3 Å². The Morgan fingerprint density at radius 2 is 2.26 bits per heavy atom. The first-order valence-electron chi connectivity index (χ1n) is 7.19. The predicted molar refractivity (Wildman–Crippen MR) is 83.1 cm³/mol. The van der Waals surface area contributed by atoms with Crippen LogP contribution in [0.15, 0.2) is 22.8 Å². The summed E-state index contributed by atoms with van der Waals surface area (Å²) in [5.41, 5.74) is 0. The molecule has 3 heterocycles. The maximum Gasteiger partial charge on any atom is 0.323 e.